The van der Waals surface area contributed by atoms with Gasteiger partial charge in [0.25, 0.3) is 0 Å². The minimum atomic E-state index is -2.94. The molecule has 6 heteroatoms. The highest BCUT2D eigenvalue weighted by Crippen LogP contribution is 2.43. The molecule has 132 valence electrons. The summed E-state index contributed by atoms with van der Waals surface area (Å²) in [6.45, 7) is 4.20. The average Bonchev–Trinajstić information content (AvgIpc) is 2.54. The third-order valence-electron chi connectivity index (χ3n) is 5.44. The van der Waals surface area contributed by atoms with Crippen LogP contribution < -0.4 is 10.1 Å². The van der Waals surface area contributed by atoms with Gasteiger partial charge in [-0.1, -0.05) is 32.0 Å². The molecule has 1 aromatic rings. The van der Waals surface area contributed by atoms with E-state index in [2.05, 4.69) is 19.2 Å². The predicted octanol–water partition coefficient (Wildman–Crippen LogP) is 2.17. The van der Waals surface area contributed by atoms with Crippen LogP contribution in [0.1, 0.15) is 33.1 Å². The number of carbonyl (C=O) groups excluding carboxylic acids is 1. The second kappa shape index (κ2) is 6.39. The Bertz CT molecular complexity index is 685. The first-order valence-corrected chi connectivity index (χ1v) is 10.3. The zero-order chi connectivity index (χ0) is 17.4. The number of nitrogens with one attached hydrogen (secondary N) is 1. The van der Waals surface area contributed by atoms with Crippen LogP contribution in [-0.2, 0) is 14.6 Å². The number of sulfone groups is 1. The van der Waals surface area contributed by atoms with Crippen molar-refractivity contribution in [2.75, 3.05) is 11.5 Å². The summed E-state index contributed by atoms with van der Waals surface area (Å²) in [5.41, 5.74) is -0.147. The largest absolute Gasteiger partial charge is 0.490 e. The van der Waals surface area contributed by atoms with Crippen molar-refractivity contribution in [2.24, 2.45) is 11.3 Å². The summed E-state index contributed by atoms with van der Waals surface area (Å²) in [5.74, 6) is 0.898. The first-order valence-electron chi connectivity index (χ1n) is 8.50. The lowest BCUT2D eigenvalue weighted by molar-refractivity contribution is -0.131. The number of para-hydroxylation sites is 1. The predicted molar refractivity (Wildman–Crippen MR) is 92.6 cm³/mol. The molecule has 0 spiro atoms. The Kier molecular flexibility index (Phi) is 4.60. The highest BCUT2D eigenvalue weighted by Gasteiger charge is 2.51. The smallest absolute Gasteiger partial charge is 0.223 e. The lowest BCUT2D eigenvalue weighted by Gasteiger charge is -2.51. The number of hydrogen-bond donors (Lipinski definition) is 1. The normalized spacial score (nSPS) is 28.6. The Balaban J connectivity index is 1.53. The van der Waals surface area contributed by atoms with Crippen molar-refractivity contribution >= 4 is 15.7 Å². The number of hydrogen-bond acceptors (Lipinski definition) is 4. The molecule has 0 bridgehead atoms. The summed E-state index contributed by atoms with van der Waals surface area (Å²) in [5, 5.41) is 3.11. The van der Waals surface area contributed by atoms with Crippen LogP contribution in [-0.4, -0.2) is 38.0 Å². The molecule has 1 amide bonds. The minimum Gasteiger partial charge on any atom is -0.490 e. The molecule has 2 atom stereocenters. The van der Waals surface area contributed by atoms with Gasteiger partial charge in [-0.15, -0.1) is 0 Å². The molecule has 1 heterocycles. The van der Waals surface area contributed by atoms with Gasteiger partial charge in [-0.05, 0) is 25.0 Å². The van der Waals surface area contributed by atoms with Crippen LogP contribution >= 0.6 is 0 Å². The van der Waals surface area contributed by atoms with Crippen LogP contribution in [0.5, 0.6) is 5.75 Å². The summed E-state index contributed by atoms with van der Waals surface area (Å²) in [6.07, 6.45) is 1.71. The molecule has 3 rings (SSSR count). The lowest BCUT2D eigenvalue weighted by atomic mass is 9.64. The minimum absolute atomic E-state index is 0.0128. The van der Waals surface area contributed by atoms with Crippen molar-refractivity contribution in [1.82, 2.24) is 5.32 Å². The van der Waals surface area contributed by atoms with Crippen LogP contribution in [0.3, 0.4) is 0 Å². The molecule has 1 saturated heterocycles. The molecule has 2 aliphatic rings. The summed E-state index contributed by atoms with van der Waals surface area (Å²) >= 11 is 0. The molecule has 0 radical (unpaired) electrons. The van der Waals surface area contributed by atoms with E-state index in [9.17, 15) is 13.2 Å². The van der Waals surface area contributed by atoms with E-state index in [-0.39, 0.29) is 40.9 Å². The number of rotatable bonds is 4. The fraction of sp³-hybridized carbons (Fsp3) is 0.611. The van der Waals surface area contributed by atoms with E-state index >= 15 is 0 Å². The van der Waals surface area contributed by atoms with Crippen molar-refractivity contribution < 1.29 is 17.9 Å². The highest BCUT2D eigenvalue weighted by atomic mass is 32.2. The zero-order valence-corrected chi connectivity index (χ0v) is 15.0. The first kappa shape index (κ1) is 17.3. The first-order chi connectivity index (χ1) is 11.3. The number of carbonyl (C=O) groups is 1. The topological polar surface area (TPSA) is 72.5 Å². The molecule has 1 aliphatic carbocycles. The van der Waals surface area contributed by atoms with Gasteiger partial charge in [0.1, 0.15) is 21.7 Å². The summed E-state index contributed by atoms with van der Waals surface area (Å²) in [4.78, 5) is 12.4. The highest BCUT2D eigenvalue weighted by molar-refractivity contribution is 7.91. The van der Waals surface area contributed by atoms with Crippen molar-refractivity contribution in [3.63, 3.8) is 0 Å². The third kappa shape index (κ3) is 3.58. The van der Waals surface area contributed by atoms with Gasteiger partial charge >= 0.3 is 0 Å². The van der Waals surface area contributed by atoms with Gasteiger partial charge in [0, 0.05) is 23.8 Å². The molecule has 1 aliphatic heterocycles. The zero-order valence-electron chi connectivity index (χ0n) is 14.2. The maximum Gasteiger partial charge on any atom is 0.223 e. The van der Waals surface area contributed by atoms with E-state index in [0.717, 1.165) is 12.2 Å². The Morgan fingerprint density at radius 1 is 1.17 bits per heavy atom. The van der Waals surface area contributed by atoms with Crippen molar-refractivity contribution in [3.05, 3.63) is 30.3 Å². The van der Waals surface area contributed by atoms with Gasteiger partial charge in [0.2, 0.25) is 5.91 Å². The van der Waals surface area contributed by atoms with Crippen LogP contribution in [0.25, 0.3) is 0 Å². The van der Waals surface area contributed by atoms with E-state index in [4.69, 9.17) is 4.74 Å². The Labute approximate surface area is 143 Å². The number of amides is 1. The maximum absolute atomic E-state index is 12.4. The van der Waals surface area contributed by atoms with Gasteiger partial charge in [0.15, 0.2) is 0 Å². The Hall–Kier alpha value is -1.56. The van der Waals surface area contributed by atoms with E-state index in [1.165, 1.54) is 0 Å². The van der Waals surface area contributed by atoms with Crippen LogP contribution in [0.4, 0.5) is 0 Å². The average molecular weight is 351 g/mol. The number of benzene rings is 1. The summed E-state index contributed by atoms with van der Waals surface area (Å²) in [6, 6.07) is 9.77. The van der Waals surface area contributed by atoms with Crippen LogP contribution in [0.15, 0.2) is 30.3 Å². The second-order valence-electron chi connectivity index (χ2n) is 7.46. The molecule has 1 N–H and O–H groups in total. The third-order valence-corrected chi connectivity index (χ3v) is 7.16. The van der Waals surface area contributed by atoms with Gasteiger partial charge in [0.05, 0.1) is 11.5 Å². The monoisotopic (exact) mass is 351 g/mol. The van der Waals surface area contributed by atoms with Crippen molar-refractivity contribution in [2.45, 2.75) is 45.3 Å². The van der Waals surface area contributed by atoms with Crippen LogP contribution in [0.2, 0.25) is 0 Å². The molecule has 1 saturated carbocycles. The maximum atomic E-state index is 12.4. The standard InChI is InChI=1S/C18H25NO4S/c1-18(2)15(12-16(18)23-14-6-4-3-5-7-14)19-17(20)13-8-10-24(21,22)11-9-13/h3-7,13,15-16H,8-12H2,1-2H3,(H,19,20)/t15-,16+/m0/s1. The molecule has 0 aromatic heterocycles. The van der Waals surface area contributed by atoms with Gasteiger partial charge in [-0.25, -0.2) is 8.42 Å². The molecule has 5 nitrogen and oxygen atoms in total. The lowest BCUT2D eigenvalue weighted by Crippen LogP contribution is -2.63. The molecule has 0 unspecified atom stereocenters. The fourth-order valence-corrected chi connectivity index (χ4v) is 4.93. The molecular formula is C18H25NO4S. The van der Waals surface area contributed by atoms with E-state index in [1.54, 1.807) is 0 Å². The SMILES string of the molecule is CC1(C)[C@@H](NC(=O)C2CCS(=O)(=O)CC2)C[C@H]1Oc1ccccc1. The molecule has 24 heavy (non-hydrogen) atoms. The fourth-order valence-electron chi connectivity index (χ4n) is 3.44. The van der Waals surface area contributed by atoms with E-state index in [0.29, 0.717) is 12.8 Å². The second-order valence-corrected chi connectivity index (χ2v) is 9.77. The summed E-state index contributed by atoms with van der Waals surface area (Å²) < 4.78 is 29.0. The van der Waals surface area contributed by atoms with Crippen molar-refractivity contribution in [1.29, 1.82) is 0 Å². The summed E-state index contributed by atoms with van der Waals surface area (Å²) in [7, 11) is -2.94. The van der Waals surface area contributed by atoms with Crippen molar-refractivity contribution in [3.8, 4) is 5.75 Å². The molecular weight excluding hydrogens is 326 g/mol. The number of ether oxygens (including phenoxy) is 1. The van der Waals surface area contributed by atoms with E-state index < -0.39 is 9.84 Å². The van der Waals surface area contributed by atoms with Gasteiger partial charge < -0.3 is 10.1 Å². The molecule has 1 aromatic carbocycles. The van der Waals surface area contributed by atoms with Gasteiger partial charge in [-0.3, -0.25) is 4.79 Å². The quantitative estimate of drug-likeness (QED) is 0.902. The van der Waals surface area contributed by atoms with E-state index in [1.807, 2.05) is 30.3 Å². The van der Waals surface area contributed by atoms with Crippen LogP contribution in [0, 0.1) is 11.3 Å². The molecule has 2 fully saturated rings. The van der Waals surface area contributed by atoms with Gasteiger partial charge in [-0.2, -0.15) is 0 Å². The Morgan fingerprint density at radius 3 is 2.38 bits per heavy atom. The Morgan fingerprint density at radius 2 is 1.79 bits per heavy atom.